The van der Waals surface area contributed by atoms with Gasteiger partial charge in [-0.05, 0) is 17.7 Å². The van der Waals surface area contributed by atoms with E-state index in [2.05, 4.69) is 10.3 Å². The average molecular weight is 285 g/mol. The third-order valence-corrected chi connectivity index (χ3v) is 3.91. The number of anilines is 1. The smallest absolute Gasteiger partial charge is 0.324 e. The molecule has 2 aromatic heterocycles. The van der Waals surface area contributed by atoms with Gasteiger partial charge in [0.2, 0.25) is 0 Å². The molecule has 0 amide bonds. The van der Waals surface area contributed by atoms with Gasteiger partial charge in [-0.2, -0.15) is 0 Å². The molecule has 0 radical (unpaired) electrons. The van der Waals surface area contributed by atoms with Crippen molar-refractivity contribution < 1.29 is 4.92 Å². The normalized spacial score (nSPS) is 10.6. The van der Waals surface area contributed by atoms with Crippen molar-refractivity contribution in [3.05, 3.63) is 63.8 Å². The molecule has 20 heavy (non-hydrogen) atoms. The number of thiophene rings is 1. The van der Waals surface area contributed by atoms with E-state index in [1.165, 1.54) is 0 Å². The van der Waals surface area contributed by atoms with Crippen LogP contribution in [0.2, 0.25) is 0 Å². The van der Waals surface area contributed by atoms with Crippen LogP contribution < -0.4 is 5.32 Å². The number of fused-ring (bicyclic) bond motifs is 1. The summed E-state index contributed by atoms with van der Waals surface area (Å²) in [6.45, 7) is 0.561. The van der Waals surface area contributed by atoms with Gasteiger partial charge in [0.25, 0.3) is 0 Å². The number of nitrogens with zero attached hydrogens (tertiary/aromatic N) is 2. The van der Waals surface area contributed by atoms with E-state index >= 15 is 0 Å². The lowest BCUT2D eigenvalue weighted by molar-refractivity contribution is -0.380. The Bertz CT molecular complexity index is 764. The Balaban J connectivity index is 1.81. The lowest BCUT2D eigenvalue weighted by Gasteiger charge is -2.08. The Morgan fingerprint density at radius 3 is 3.05 bits per heavy atom. The quantitative estimate of drug-likeness (QED) is 0.584. The van der Waals surface area contributed by atoms with E-state index < -0.39 is 0 Å². The molecule has 0 spiro atoms. The predicted molar refractivity (Wildman–Crippen MR) is 80.0 cm³/mol. The highest BCUT2D eigenvalue weighted by Gasteiger charge is 2.09. The summed E-state index contributed by atoms with van der Waals surface area (Å²) in [5, 5.41) is 18.1. The molecule has 100 valence electrons. The van der Waals surface area contributed by atoms with Crippen molar-refractivity contribution in [2.24, 2.45) is 0 Å². The number of pyridine rings is 1. The minimum absolute atomic E-state index is 0.170. The summed E-state index contributed by atoms with van der Waals surface area (Å²) in [5.41, 5.74) is 1.91. The molecule has 0 atom stereocenters. The molecule has 0 aliphatic heterocycles. The highest BCUT2D eigenvalue weighted by atomic mass is 32.1. The van der Waals surface area contributed by atoms with Crippen LogP contribution in [-0.2, 0) is 6.54 Å². The van der Waals surface area contributed by atoms with E-state index in [9.17, 15) is 10.1 Å². The number of hydrogen-bond donors (Lipinski definition) is 1. The molecule has 0 saturated carbocycles. The SMILES string of the molecule is O=[N+]([O-])c1cc(CNc2cccc3cnccc23)cs1. The Labute approximate surface area is 119 Å². The van der Waals surface area contributed by atoms with Crippen LogP contribution in [0.25, 0.3) is 10.8 Å². The van der Waals surface area contributed by atoms with Gasteiger partial charge in [-0.1, -0.05) is 23.5 Å². The molecule has 6 heteroatoms. The van der Waals surface area contributed by atoms with E-state index in [-0.39, 0.29) is 9.92 Å². The number of benzene rings is 1. The second-order valence-corrected chi connectivity index (χ2v) is 5.20. The third kappa shape index (κ3) is 2.46. The second-order valence-electron chi connectivity index (χ2n) is 4.31. The highest BCUT2D eigenvalue weighted by molar-refractivity contribution is 7.13. The summed E-state index contributed by atoms with van der Waals surface area (Å²) >= 11 is 1.15. The van der Waals surface area contributed by atoms with Gasteiger partial charge < -0.3 is 5.32 Å². The van der Waals surface area contributed by atoms with Crippen LogP contribution in [0.15, 0.2) is 48.1 Å². The van der Waals surface area contributed by atoms with Crippen LogP contribution in [0.1, 0.15) is 5.56 Å². The Morgan fingerprint density at radius 2 is 2.25 bits per heavy atom. The third-order valence-electron chi connectivity index (χ3n) is 2.98. The van der Waals surface area contributed by atoms with Crippen LogP contribution in [0, 0.1) is 10.1 Å². The zero-order chi connectivity index (χ0) is 13.9. The van der Waals surface area contributed by atoms with Crippen LogP contribution in [0.4, 0.5) is 10.7 Å². The molecule has 1 N–H and O–H groups in total. The van der Waals surface area contributed by atoms with Crippen molar-refractivity contribution in [3.8, 4) is 0 Å². The maximum absolute atomic E-state index is 10.7. The van der Waals surface area contributed by atoms with Gasteiger partial charge in [-0.25, -0.2) is 0 Å². The fourth-order valence-corrected chi connectivity index (χ4v) is 2.75. The zero-order valence-corrected chi connectivity index (χ0v) is 11.3. The van der Waals surface area contributed by atoms with E-state index in [4.69, 9.17) is 0 Å². The van der Waals surface area contributed by atoms with Gasteiger partial charge in [-0.3, -0.25) is 15.1 Å². The summed E-state index contributed by atoms with van der Waals surface area (Å²) in [7, 11) is 0. The molecule has 0 saturated heterocycles. The Hall–Kier alpha value is -2.47. The molecule has 5 nitrogen and oxygen atoms in total. The highest BCUT2D eigenvalue weighted by Crippen LogP contribution is 2.25. The van der Waals surface area contributed by atoms with Gasteiger partial charge in [0.05, 0.1) is 4.92 Å². The Morgan fingerprint density at radius 1 is 1.35 bits per heavy atom. The van der Waals surface area contributed by atoms with Gasteiger partial charge in [-0.15, -0.1) is 0 Å². The van der Waals surface area contributed by atoms with E-state index in [0.717, 1.165) is 33.4 Å². The molecule has 3 aromatic rings. The number of aromatic nitrogens is 1. The van der Waals surface area contributed by atoms with Gasteiger partial charge in [0, 0.05) is 46.8 Å². The van der Waals surface area contributed by atoms with E-state index in [0.29, 0.717) is 6.54 Å². The lowest BCUT2D eigenvalue weighted by Crippen LogP contribution is -1.98. The standard InChI is InChI=1S/C14H11N3O2S/c18-17(19)14-6-10(9-20-14)7-16-13-3-1-2-11-8-15-5-4-12(11)13/h1-6,8-9,16H,7H2. The Kier molecular flexibility index (Phi) is 3.30. The fourth-order valence-electron chi connectivity index (χ4n) is 2.03. The predicted octanol–water partition coefficient (Wildman–Crippen LogP) is 3.82. The maximum Gasteiger partial charge on any atom is 0.324 e. The second kappa shape index (κ2) is 5.26. The van der Waals surface area contributed by atoms with Crippen molar-refractivity contribution in [1.29, 1.82) is 0 Å². The molecule has 2 heterocycles. The topological polar surface area (TPSA) is 68.1 Å². The molecular weight excluding hydrogens is 274 g/mol. The largest absolute Gasteiger partial charge is 0.380 e. The summed E-state index contributed by atoms with van der Waals surface area (Å²) in [6.07, 6.45) is 3.57. The van der Waals surface area contributed by atoms with Gasteiger partial charge in [0.1, 0.15) is 0 Å². The first-order valence-corrected chi connectivity index (χ1v) is 6.90. The monoisotopic (exact) mass is 285 g/mol. The number of rotatable bonds is 4. The summed E-state index contributed by atoms with van der Waals surface area (Å²) in [5.74, 6) is 0. The van der Waals surface area contributed by atoms with Crippen LogP contribution in [-0.4, -0.2) is 9.91 Å². The molecule has 0 unspecified atom stereocenters. The molecule has 0 aliphatic rings. The lowest BCUT2D eigenvalue weighted by atomic mass is 10.1. The van der Waals surface area contributed by atoms with E-state index in [1.807, 2.05) is 30.5 Å². The fraction of sp³-hybridized carbons (Fsp3) is 0.0714. The molecule has 1 aromatic carbocycles. The zero-order valence-electron chi connectivity index (χ0n) is 10.4. The minimum Gasteiger partial charge on any atom is -0.380 e. The van der Waals surface area contributed by atoms with Gasteiger partial charge in [0.15, 0.2) is 0 Å². The first-order chi connectivity index (χ1) is 9.74. The summed E-state index contributed by atoms with van der Waals surface area (Å²) in [4.78, 5) is 14.4. The molecule has 0 fully saturated rings. The van der Waals surface area contributed by atoms with E-state index in [1.54, 1.807) is 17.6 Å². The van der Waals surface area contributed by atoms with Crippen LogP contribution in [0.3, 0.4) is 0 Å². The van der Waals surface area contributed by atoms with Crippen molar-refractivity contribution >= 4 is 32.8 Å². The summed E-state index contributed by atoms with van der Waals surface area (Å²) < 4.78 is 0. The van der Waals surface area contributed by atoms with Crippen LogP contribution in [0.5, 0.6) is 0 Å². The molecular formula is C14H11N3O2S. The molecule has 3 rings (SSSR count). The average Bonchev–Trinajstić information content (AvgIpc) is 2.94. The first-order valence-electron chi connectivity index (χ1n) is 6.02. The van der Waals surface area contributed by atoms with Crippen LogP contribution >= 0.6 is 11.3 Å². The van der Waals surface area contributed by atoms with Crippen molar-refractivity contribution in [3.63, 3.8) is 0 Å². The number of hydrogen-bond acceptors (Lipinski definition) is 5. The molecule has 0 bridgehead atoms. The summed E-state index contributed by atoms with van der Waals surface area (Å²) in [6, 6.07) is 9.51. The first kappa shape index (κ1) is 12.6. The van der Waals surface area contributed by atoms with Crippen molar-refractivity contribution in [2.75, 3.05) is 5.32 Å². The number of nitrogens with one attached hydrogen (secondary N) is 1. The maximum atomic E-state index is 10.7. The van der Waals surface area contributed by atoms with Crippen molar-refractivity contribution in [1.82, 2.24) is 4.98 Å². The van der Waals surface area contributed by atoms with Gasteiger partial charge >= 0.3 is 5.00 Å². The number of nitro groups is 1. The van der Waals surface area contributed by atoms with Crippen molar-refractivity contribution in [2.45, 2.75) is 6.54 Å². The molecule has 0 aliphatic carbocycles. The minimum atomic E-state index is -0.363.